The molecule has 1 fully saturated rings. The molecule has 0 aromatic carbocycles. The maximum absolute atomic E-state index is 11.2. The average Bonchev–Trinajstić information content (AvgIpc) is 2.12. The molecule has 0 aromatic rings. The quantitative estimate of drug-likeness (QED) is 0.409. The van der Waals surface area contributed by atoms with Gasteiger partial charge in [-0.05, 0) is 19.3 Å². The minimum absolute atomic E-state index is 0.0767. The van der Waals surface area contributed by atoms with E-state index in [1.807, 2.05) is 0 Å². The molecule has 4 heteroatoms. The van der Waals surface area contributed by atoms with Crippen molar-refractivity contribution < 1.29 is 9.90 Å². The van der Waals surface area contributed by atoms with E-state index in [0.29, 0.717) is 13.1 Å². The molecule has 0 aliphatic heterocycles. The molecule has 0 saturated heterocycles. The van der Waals surface area contributed by atoms with Gasteiger partial charge in [-0.15, -0.1) is 6.58 Å². The summed E-state index contributed by atoms with van der Waals surface area (Å²) >= 11 is 0. The Balaban J connectivity index is 2.05. The minimum atomic E-state index is -0.631. The van der Waals surface area contributed by atoms with Crippen LogP contribution >= 0.6 is 0 Å². The van der Waals surface area contributed by atoms with E-state index in [1.165, 1.54) is 0 Å². The van der Waals surface area contributed by atoms with Crippen molar-refractivity contribution in [3.8, 4) is 0 Å². The van der Waals surface area contributed by atoms with E-state index in [4.69, 9.17) is 0 Å². The average molecular weight is 198 g/mol. The van der Waals surface area contributed by atoms with Crippen LogP contribution in [0.3, 0.4) is 0 Å². The number of hydrogen-bond donors (Lipinski definition) is 3. The van der Waals surface area contributed by atoms with Gasteiger partial charge >= 0.3 is 0 Å². The summed E-state index contributed by atoms with van der Waals surface area (Å²) in [5.41, 5.74) is -0.631. The summed E-state index contributed by atoms with van der Waals surface area (Å²) in [6, 6.07) is 0. The highest BCUT2D eigenvalue weighted by Crippen LogP contribution is 2.30. The summed E-state index contributed by atoms with van der Waals surface area (Å²) in [7, 11) is 0. The molecular formula is C10H18N2O2. The zero-order valence-corrected chi connectivity index (χ0v) is 8.38. The van der Waals surface area contributed by atoms with Gasteiger partial charge < -0.3 is 15.7 Å². The van der Waals surface area contributed by atoms with Crippen molar-refractivity contribution in [1.82, 2.24) is 10.6 Å². The monoisotopic (exact) mass is 198 g/mol. The Morgan fingerprint density at radius 1 is 1.57 bits per heavy atom. The summed E-state index contributed by atoms with van der Waals surface area (Å²) in [6.07, 6.45) is 4.36. The Morgan fingerprint density at radius 2 is 2.29 bits per heavy atom. The van der Waals surface area contributed by atoms with Crippen LogP contribution in [0.4, 0.5) is 0 Å². The Labute approximate surface area is 84.4 Å². The molecule has 0 atom stereocenters. The Hall–Kier alpha value is -0.870. The third-order valence-electron chi connectivity index (χ3n) is 2.47. The van der Waals surface area contributed by atoms with E-state index in [-0.39, 0.29) is 12.5 Å². The van der Waals surface area contributed by atoms with Crippen LogP contribution in [0, 0.1) is 0 Å². The zero-order valence-electron chi connectivity index (χ0n) is 8.38. The molecule has 0 aromatic heterocycles. The van der Waals surface area contributed by atoms with Crippen molar-refractivity contribution in [2.45, 2.75) is 24.9 Å². The van der Waals surface area contributed by atoms with Crippen LogP contribution < -0.4 is 10.6 Å². The predicted molar refractivity (Wildman–Crippen MR) is 54.9 cm³/mol. The van der Waals surface area contributed by atoms with Crippen molar-refractivity contribution in [3.63, 3.8) is 0 Å². The van der Waals surface area contributed by atoms with Gasteiger partial charge in [0.2, 0.25) is 5.91 Å². The Bertz CT molecular complexity index is 212. The molecule has 1 rings (SSSR count). The third-order valence-corrected chi connectivity index (χ3v) is 2.47. The molecule has 0 unspecified atom stereocenters. The first-order chi connectivity index (χ1) is 6.66. The second-order valence-electron chi connectivity index (χ2n) is 3.77. The minimum Gasteiger partial charge on any atom is -0.388 e. The zero-order chi connectivity index (χ0) is 10.4. The topological polar surface area (TPSA) is 61.4 Å². The van der Waals surface area contributed by atoms with E-state index in [0.717, 1.165) is 19.3 Å². The standard InChI is InChI=1S/C10H18N2O2/c1-2-6-11-7-9(13)12-8-10(14)4-3-5-10/h2,11,14H,1,3-8H2,(H,12,13). The second kappa shape index (κ2) is 5.12. The van der Waals surface area contributed by atoms with Gasteiger partial charge in [0.25, 0.3) is 0 Å². The number of nitrogens with one attached hydrogen (secondary N) is 2. The number of rotatable bonds is 6. The Kier molecular flexibility index (Phi) is 4.10. The predicted octanol–water partition coefficient (Wildman–Crippen LogP) is -0.207. The number of hydrogen-bond acceptors (Lipinski definition) is 3. The first kappa shape index (κ1) is 11.2. The third kappa shape index (κ3) is 3.47. The molecule has 14 heavy (non-hydrogen) atoms. The van der Waals surface area contributed by atoms with E-state index in [2.05, 4.69) is 17.2 Å². The van der Waals surface area contributed by atoms with Crippen molar-refractivity contribution in [1.29, 1.82) is 0 Å². The second-order valence-corrected chi connectivity index (χ2v) is 3.77. The highest BCUT2D eigenvalue weighted by atomic mass is 16.3. The highest BCUT2D eigenvalue weighted by molar-refractivity contribution is 5.78. The van der Waals surface area contributed by atoms with Crippen molar-refractivity contribution in [3.05, 3.63) is 12.7 Å². The molecule has 0 spiro atoms. The van der Waals surface area contributed by atoms with Crippen LogP contribution in [0.5, 0.6) is 0 Å². The highest BCUT2D eigenvalue weighted by Gasteiger charge is 2.34. The smallest absolute Gasteiger partial charge is 0.234 e. The molecule has 0 heterocycles. The summed E-state index contributed by atoms with van der Waals surface area (Å²) in [4.78, 5) is 11.2. The molecule has 1 aliphatic carbocycles. The Morgan fingerprint density at radius 3 is 2.79 bits per heavy atom. The summed E-state index contributed by atoms with van der Waals surface area (Å²) in [6.45, 7) is 4.81. The lowest BCUT2D eigenvalue weighted by atomic mass is 9.80. The van der Waals surface area contributed by atoms with Gasteiger partial charge in [0, 0.05) is 13.1 Å². The fourth-order valence-corrected chi connectivity index (χ4v) is 1.38. The first-order valence-electron chi connectivity index (χ1n) is 4.97. The number of aliphatic hydroxyl groups is 1. The van der Waals surface area contributed by atoms with Crippen LogP contribution in [-0.2, 0) is 4.79 Å². The normalized spacial score (nSPS) is 18.4. The molecule has 80 valence electrons. The van der Waals surface area contributed by atoms with Crippen LogP contribution in [0.15, 0.2) is 12.7 Å². The largest absolute Gasteiger partial charge is 0.388 e. The van der Waals surface area contributed by atoms with Crippen molar-refractivity contribution in [2.75, 3.05) is 19.6 Å². The van der Waals surface area contributed by atoms with Crippen LogP contribution in [-0.4, -0.2) is 36.2 Å². The van der Waals surface area contributed by atoms with Crippen LogP contribution in [0.25, 0.3) is 0 Å². The molecule has 1 aliphatic rings. The SMILES string of the molecule is C=CCNCC(=O)NCC1(O)CCC1. The number of amides is 1. The van der Waals surface area contributed by atoms with Gasteiger partial charge in [-0.1, -0.05) is 6.08 Å². The molecular weight excluding hydrogens is 180 g/mol. The van der Waals surface area contributed by atoms with Gasteiger partial charge in [0.05, 0.1) is 12.1 Å². The van der Waals surface area contributed by atoms with Crippen molar-refractivity contribution >= 4 is 5.91 Å². The molecule has 0 radical (unpaired) electrons. The molecule has 3 N–H and O–H groups in total. The molecule has 0 bridgehead atoms. The lowest BCUT2D eigenvalue weighted by molar-refractivity contribution is -0.122. The van der Waals surface area contributed by atoms with Gasteiger partial charge in [-0.3, -0.25) is 4.79 Å². The van der Waals surface area contributed by atoms with Gasteiger partial charge in [0.1, 0.15) is 0 Å². The van der Waals surface area contributed by atoms with Crippen LogP contribution in [0.2, 0.25) is 0 Å². The van der Waals surface area contributed by atoms with E-state index < -0.39 is 5.60 Å². The maximum atomic E-state index is 11.2. The summed E-state index contributed by atoms with van der Waals surface area (Å²) in [5.74, 6) is -0.0767. The van der Waals surface area contributed by atoms with Gasteiger partial charge in [-0.2, -0.15) is 0 Å². The number of carbonyl (C=O) groups excluding carboxylic acids is 1. The van der Waals surface area contributed by atoms with Crippen LogP contribution in [0.1, 0.15) is 19.3 Å². The van der Waals surface area contributed by atoms with Crippen molar-refractivity contribution in [2.24, 2.45) is 0 Å². The summed E-state index contributed by atoms with van der Waals surface area (Å²) in [5, 5.41) is 15.3. The fourth-order valence-electron chi connectivity index (χ4n) is 1.38. The first-order valence-corrected chi connectivity index (χ1v) is 4.97. The van der Waals surface area contributed by atoms with Gasteiger partial charge in [0.15, 0.2) is 0 Å². The van der Waals surface area contributed by atoms with E-state index in [1.54, 1.807) is 6.08 Å². The molecule has 1 saturated carbocycles. The fraction of sp³-hybridized carbons (Fsp3) is 0.700. The summed E-state index contributed by atoms with van der Waals surface area (Å²) < 4.78 is 0. The lowest BCUT2D eigenvalue weighted by Gasteiger charge is -2.36. The lowest BCUT2D eigenvalue weighted by Crippen LogP contribution is -2.49. The number of carbonyl (C=O) groups is 1. The molecule has 4 nitrogen and oxygen atoms in total. The van der Waals surface area contributed by atoms with Gasteiger partial charge in [-0.25, -0.2) is 0 Å². The molecule has 1 amide bonds. The maximum Gasteiger partial charge on any atom is 0.234 e. The van der Waals surface area contributed by atoms with E-state index >= 15 is 0 Å². The van der Waals surface area contributed by atoms with E-state index in [9.17, 15) is 9.90 Å².